The zero-order chi connectivity index (χ0) is 39.7. The van der Waals surface area contributed by atoms with Crippen LogP contribution in [0.2, 0.25) is 0 Å². The number of aromatic hydroxyl groups is 1. The molecule has 7 rings (SSSR count). The van der Waals surface area contributed by atoms with E-state index in [1.807, 2.05) is 36.4 Å². The van der Waals surface area contributed by atoms with Crippen molar-refractivity contribution in [3.63, 3.8) is 0 Å². The van der Waals surface area contributed by atoms with E-state index in [2.05, 4.69) is 32.5 Å². The van der Waals surface area contributed by atoms with Crippen molar-refractivity contribution in [2.24, 2.45) is 22.9 Å². The number of carboxylic acids is 1. The second-order valence-corrected chi connectivity index (χ2v) is 18.8. The zero-order valence-corrected chi connectivity index (χ0v) is 34.3. The minimum atomic E-state index is -0.990. The molecule has 3 aromatic rings. The number of amides is 1. The Morgan fingerprint density at radius 3 is 2.21 bits per heavy atom. The Balaban J connectivity index is 0.944. The lowest BCUT2D eigenvalue weighted by atomic mass is 9.48. The van der Waals surface area contributed by atoms with Gasteiger partial charge in [0.15, 0.2) is 0 Å². The van der Waals surface area contributed by atoms with Crippen molar-refractivity contribution < 1.29 is 39.3 Å². The van der Waals surface area contributed by atoms with E-state index in [1.54, 1.807) is 39.8 Å². The first kappa shape index (κ1) is 41.6. The third-order valence-corrected chi connectivity index (χ3v) is 14.2. The van der Waals surface area contributed by atoms with Crippen molar-refractivity contribution >= 4 is 72.9 Å². The number of ether oxygens (including phenoxy) is 1. The van der Waals surface area contributed by atoms with E-state index in [0.29, 0.717) is 58.7 Å². The smallest absolute Gasteiger partial charge is 0.328 e. The number of ketones is 1. The second kappa shape index (κ2) is 19.4. The molecule has 0 aliphatic heterocycles. The molecule has 10 nitrogen and oxygen atoms in total. The van der Waals surface area contributed by atoms with Gasteiger partial charge in [0.1, 0.15) is 23.0 Å². The number of nitrogens with one attached hydrogen (secondary N) is 1. The number of rotatable bonds is 19. The van der Waals surface area contributed by atoms with Crippen LogP contribution in [0.15, 0.2) is 76.4 Å². The van der Waals surface area contributed by atoms with Gasteiger partial charge in [-0.05, 0) is 137 Å². The average molecular weight is 864 g/mol. The number of carbonyl (C=O) groups excluding carboxylic acids is 3. The van der Waals surface area contributed by atoms with Crippen LogP contribution in [-0.4, -0.2) is 62.8 Å². The van der Waals surface area contributed by atoms with Crippen LogP contribution in [0.25, 0.3) is 17.2 Å². The molecule has 0 aromatic heterocycles. The molecule has 0 heterocycles. The quantitative estimate of drug-likeness (QED) is 0.0134. The van der Waals surface area contributed by atoms with Gasteiger partial charge < -0.3 is 25.5 Å². The highest BCUT2D eigenvalue weighted by Gasteiger charge is 2.52. The number of halogens is 1. The predicted molar refractivity (Wildman–Crippen MR) is 224 cm³/mol. The molecule has 13 heteroatoms. The van der Waals surface area contributed by atoms with Crippen LogP contribution in [0.5, 0.6) is 11.5 Å². The van der Waals surface area contributed by atoms with Crippen LogP contribution in [0.4, 0.5) is 0 Å². The van der Waals surface area contributed by atoms with Crippen LogP contribution < -0.4 is 10.1 Å². The van der Waals surface area contributed by atoms with E-state index in [9.17, 15) is 29.5 Å². The van der Waals surface area contributed by atoms with E-state index in [1.165, 1.54) is 25.3 Å². The summed E-state index contributed by atoms with van der Waals surface area (Å²) in [5.74, 6) is 2.33. The number of carboxylic acid groups (broad SMARTS) is 1. The van der Waals surface area contributed by atoms with Crippen LogP contribution in [-0.2, 0) is 31.0 Å². The number of Topliss-reactive ketones (excluding diaryl/α,β-unsaturated/α-hetero) is 1. The number of benzene rings is 3. The molecular weight excluding hydrogens is 817 g/mol. The van der Waals surface area contributed by atoms with Gasteiger partial charge in [0.2, 0.25) is 0 Å². The van der Waals surface area contributed by atoms with Crippen LogP contribution in [0, 0.1) is 17.8 Å². The molecule has 56 heavy (non-hydrogen) atoms. The van der Waals surface area contributed by atoms with Crippen molar-refractivity contribution in [2.45, 2.75) is 76.0 Å². The molecule has 1 amide bonds. The molecule has 0 atom stereocenters. The topological polar surface area (TPSA) is 163 Å². The third-order valence-electron chi connectivity index (χ3n) is 11.1. The fourth-order valence-electron chi connectivity index (χ4n) is 8.92. The number of nitrogens with zero attached hydrogens (tertiary/aromatic N) is 1. The van der Waals surface area contributed by atoms with Gasteiger partial charge in [0, 0.05) is 49.0 Å². The lowest BCUT2D eigenvalue weighted by Gasteiger charge is -2.57. The van der Waals surface area contributed by atoms with Gasteiger partial charge in [0.05, 0.1) is 10.9 Å². The summed E-state index contributed by atoms with van der Waals surface area (Å²) in [5, 5.41) is 33.8. The zero-order valence-electron chi connectivity index (χ0n) is 31.1. The predicted octanol–water partition coefficient (Wildman–Crippen LogP) is 8.99. The van der Waals surface area contributed by atoms with Crippen molar-refractivity contribution in [1.82, 2.24) is 5.32 Å². The fraction of sp³-hybridized carbons (Fsp3) is 0.419. The van der Waals surface area contributed by atoms with Crippen molar-refractivity contribution in [2.75, 3.05) is 18.1 Å². The molecule has 4 aliphatic rings. The summed E-state index contributed by atoms with van der Waals surface area (Å²) >= 11 is 3.23. The molecule has 0 unspecified atom stereocenters. The van der Waals surface area contributed by atoms with E-state index in [4.69, 9.17) is 9.84 Å². The number of carbonyl (C=O) groups is 4. The number of phenolic OH excluding ortho intramolecular Hbond substituents is 1. The van der Waals surface area contributed by atoms with E-state index < -0.39 is 17.8 Å². The number of hydrogen-bond acceptors (Lipinski definition) is 10. The van der Waals surface area contributed by atoms with Crippen LogP contribution in [0.1, 0.15) is 80.9 Å². The molecule has 0 radical (unpaired) electrons. The Morgan fingerprint density at radius 1 is 0.875 bits per heavy atom. The SMILES string of the molecule is O=C(O)/C=C/c1ccc(-c2ccc(OC(=O)CCC(=O)CCCSSCCNC(=O)/C(Cc3ccc(O)c(Br)c3)=N/O)c(C34CC5CC(CC(C5)C3)C4)c2)cc1. The summed E-state index contributed by atoms with van der Waals surface area (Å²) in [6.07, 6.45) is 11.2. The summed E-state index contributed by atoms with van der Waals surface area (Å²) in [5.41, 5.74) is 4.59. The highest BCUT2D eigenvalue weighted by atomic mass is 79.9. The normalized spacial score (nSPS) is 21.3. The fourth-order valence-corrected chi connectivity index (χ4v) is 11.3. The maximum atomic E-state index is 13.2. The number of phenols is 1. The Bertz CT molecular complexity index is 1950. The number of esters is 1. The molecule has 4 fully saturated rings. The Hall–Kier alpha value is -4.07. The Labute approximate surface area is 343 Å². The van der Waals surface area contributed by atoms with E-state index in [-0.39, 0.29) is 41.9 Å². The van der Waals surface area contributed by atoms with Gasteiger partial charge in [-0.25, -0.2) is 4.79 Å². The molecule has 0 spiro atoms. The molecule has 0 saturated heterocycles. The van der Waals surface area contributed by atoms with Crippen LogP contribution >= 0.6 is 37.5 Å². The molecule has 4 N–H and O–H groups in total. The minimum Gasteiger partial charge on any atom is -0.507 e. The maximum Gasteiger partial charge on any atom is 0.328 e. The van der Waals surface area contributed by atoms with Crippen molar-refractivity contribution in [3.05, 3.63) is 87.9 Å². The monoisotopic (exact) mass is 862 g/mol. The molecule has 4 bridgehead atoms. The van der Waals surface area contributed by atoms with Gasteiger partial charge in [-0.15, -0.1) is 0 Å². The number of aliphatic carboxylic acids is 1. The van der Waals surface area contributed by atoms with Gasteiger partial charge in [-0.2, -0.15) is 0 Å². The summed E-state index contributed by atoms with van der Waals surface area (Å²) in [7, 11) is 3.19. The third kappa shape index (κ3) is 11.1. The van der Waals surface area contributed by atoms with Crippen molar-refractivity contribution in [3.8, 4) is 22.6 Å². The molecule has 3 aromatic carbocycles. The van der Waals surface area contributed by atoms with E-state index in [0.717, 1.165) is 53.3 Å². The van der Waals surface area contributed by atoms with Gasteiger partial charge in [0.25, 0.3) is 5.91 Å². The summed E-state index contributed by atoms with van der Waals surface area (Å²) in [6, 6.07) is 18.7. The number of hydrogen-bond donors (Lipinski definition) is 4. The lowest BCUT2D eigenvalue weighted by molar-refractivity contribution is -0.136. The molecular formula is C43H47BrN2O8S2. The first-order valence-electron chi connectivity index (χ1n) is 19.1. The highest BCUT2D eigenvalue weighted by molar-refractivity contribution is 9.10. The molecule has 4 saturated carbocycles. The lowest BCUT2D eigenvalue weighted by Crippen LogP contribution is -2.48. The van der Waals surface area contributed by atoms with Crippen LogP contribution in [0.3, 0.4) is 0 Å². The number of oxime groups is 1. The minimum absolute atomic E-state index is 0.0228. The van der Waals surface area contributed by atoms with Gasteiger partial charge in [-0.3, -0.25) is 14.4 Å². The summed E-state index contributed by atoms with van der Waals surface area (Å²) < 4.78 is 6.57. The molecule has 4 aliphatic carbocycles. The summed E-state index contributed by atoms with van der Waals surface area (Å²) in [6.45, 7) is 0.379. The Morgan fingerprint density at radius 2 is 1.55 bits per heavy atom. The standard InChI is InChI=1S/C43H47BrN2O8S2/c44-36-21-28(5-11-38(36)48)22-37(46-53)42(52)45-15-17-56-55-16-1-2-34(47)10-14-41(51)54-39-12-9-33(32-7-3-27(4-8-32)6-13-40(49)50)23-35(39)43-24-29-18-30(25-43)20-31(19-29)26-43/h3-9,11-13,21,23,29-31,48,53H,1-2,10,14-20,22,24-26H2,(H,45,52)(H,49,50)/b13-6+,46-37+. The largest absolute Gasteiger partial charge is 0.507 e. The Kier molecular flexibility index (Phi) is 14.4. The second-order valence-electron chi connectivity index (χ2n) is 15.2. The highest BCUT2D eigenvalue weighted by Crippen LogP contribution is 2.62. The molecule has 296 valence electrons. The average Bonchev–Trinajstić information content (AvgIpc) is 3.17. The van der Waals surface area contributed by atoms with E-state index >= 15 is 0 Å². The summed E-state index contributed by atoms with van der Waals surface area (Å²) in [4.78, 5) is 49.3. The van der Waals surface area contributed by atoms with Gasteiger partial charge >= 0.3 is 11.9 Å². The first-order valence-corrected chi connectivity index (χ1v) is 22.4. The van der Waals surface area contributed by atoms with Gasteiger partial charge in [-0.1, -0.05) is 63.1 Å². The van der Waals surface area contributed by atoms with Crippen molar-refractivity contribution in [1.29, 1.82) is 0 Å². The maximum absolute atomic E-state index is 13.2. The first-order chi connectivity index (χ1) is 27.0.